The van der Waals surface area contributed by atoms with E-state index in [9.17, 15) is 18.0 Å². The minimum Gasteiger partial charge on any atom is -0.385 e. The van der Waals surface area contributed by atoms with Gasteiger partial charge in [0, 0.05) is 13.1 Å². The molecule has 1 amide bonds. The third-order valence-corrected chi connectivity index (χ3v) is 3.15. The summed E-state index contributed by atoms with van der Waals surface area (Å²) in [5, 5.41) is 6.44. The summed E-state index contributed by atoms with van der Waals surface area (Å²) in [6.45, 7) is 2.39. The summed E-state index contributed by atoms with van der Waals surface area (Å²) < 4.78 is 37.8. The summed E-state index contributed by atoms with van der Waals surface area (Å²) in [6.07, 6.45) is -2.12. The Hall–Kier alpha value is -2.09. The van der Waals surface area contributed by atoms with Crippen molar-refractivity contribution in [3.8, 4) is 0 Å². The van der Waals surface area contributed by atoms with Gasteiger partial charge in [0.2, 0.25) is 0 Å². The van der Waals surface area contributed by atoms with Gasteiger partial charge in [-0.2, -0.15) is 13.2 Å². The lowest BCUT2D eigenvalue weighted by Crippen LogP contribution is -2.31. The van der Waals surface area contributed by atoms with E-state index in [4.69, 9.17) is 10.6 Å². The molecule has 0 heterocycles. The van der Waals surface area contributed by atoms with Crippen molar-refractivity contribution in [2.45, 2.75) is 32.4 Å². The summed E-state index contributed by atoms with van der Waals surface area (Å²) in [4.78, 5) is 16.4. The van der Waals surface area contributed by atoms with Crippen molar-refractivity contribution in [1.82, 2.24) is 5.32 Å². The number of benzene rings is 1. The van der Waals surface area contributed by atoms with Gasteiger partial charge in [-0.25, -0.2) is 0 Å². The van der Waals surface area contributed by atoms with Crippen molar-refractivity contribution in [2.75, 3.05) is 19.7 Å². The first-order valence-corrected chi connectivity index (χ1v) is 7.71. The van der Waals surface area contributed by atoms with Crippen LogP contribution in [0.2, 0.25) is 0 Å². The van der Waals surface area contributed by atoms with Crippen LogP contribution >= 0.6 is 0 Å². The molecule has 5 nitrogen and oxygen atoms in total. The van der Waals surface area contributed by atoms with Gasteiger partial charge in [0.15, 0.2) is 6.61 Å². The topological polar surface area (TPSA) is 76.7 Å². The zero-order valence-electron chi connectivity index (χ0n) is 13.5. The van der Waals surface area contributed by atoms with E-state index >= 15 is 0 Å². The fourth-order valence-electron chi connectivity index (χ4n) is 1.87. The summed E-state index contributed by atoms with van der Waals surface area (Å²) in [7, 11) is 0. The molecule has 1 rings (SSSR count). The van der Waals surface area contributed by atoms with E-state index in [1.807, 2.05) is 6.92 Å². The molecule has 0 aliphatic carbocycles. The van der Waals surface area contributed by atoms with E-state index in [-0.39, 0.29) is 12.5 Å². The molecule has 0 fully saturated rings. The van der Waals surface area contributed by atoms with Gasteiger partial charge < -0.3 is 15.9 Å². The molecule has 0 radical (unpaired) electrons. The normalized spacial score (nSPS) is 12.1. The van der Waals surface area contributed by atoms with Crippen LogP contribution < -0.4 is 11.1 Å². The number of oxime groups is 1. The van der Waals surface area contributed by atoms with Gasteiger partial charge in [0.1, 0.15) is 0 Å². The Morgan fingerprint density at radius 2 is 1.96 bits per heavy atom. The molecule has 0 saturated heterocycles. The number of carbonyl (C=O) groups excluding carboxylic acids is 1. The lowest BCUT2D eigenvalue weighted by molar-refractivity contribution is -0.137. The highest BCUT2D eigenvalue weighted by Crippen LogP contribution is 2.29. The number of nitrogens with zero attached hydrogens (tertiary/aromatic N) is 1. The highest BCUT2D eigenvalue weighted by atomic mass is 19.4. The molecular formula is C16H22F3N3O2. The van der Waals surface area contributed by atoms with Gasteiger partial charge in [-0.3, -0.25) is 4.79 Å². The van der Waals surface area contributed by atoms with E-state index < -0.39 is 11.7 Å². The maximum Gasteiger partial charge on any atom is 0.416 e. The summed E-state index contributed by atoms with van der Waals surface area (Å²) in [5.41, 5.74) is 5.60. The predicted molar refractivity (Wildman–Crippen MR) is 85.5 cm³/mol. The van der Waals surface area contributed by atoms with Gasteiger partial charge >= 0.3 is 6.18 Å². The molecule has 0 unspecified atom stereocenters. The van der Waals surface area contributed by atoms with E-state index in [0.29, 0.717) is 30.8 Å². The van der Waals surface area contributed by atoms with Crippen LogP contribution in [0.25, 0.3) is 0 Å². The zero-order valence-corrected chi connectivity index (χ0v) is 13.5. The second-order valence-electron chi connectivity index (χ2n) is 5.13. The first-order valence-electron chi connectivity index (χ1n) is 7.71. The molecule has 134 valence electrons. The second kappa shape index (κ2) is 9.92. The zero-order chi connectivity index (χ0) is 18.0. The van der Waals surface area contributed by atoms with Crippen molar-refractivity contribution < 1.29 is 22.8 Å². The minimum absolute atomic E-state index is 0.268. The number of carbonyl (C=O) groups is 1. The Kier molecular flexibility index (Phi) is 8.25. The molecule has 0 saturated carbocycles. The number of amides is 1. The van der Waals surface area contributed by atoms with E-state index in [0.717, 1.165) is 25.0 Å². The highest BCUT2D eigenvalue weighted by Gasteiger charge is 2.30. The Bertz CT molecular complexity index is 542. The molecule has 3 N–H and O–H groups in total. The molecule has 1 aromatic rings. The van der Waals surface area contributed by atoms with Crippen LogP contribution in [-0.2, 0) is 15.8 Å². The standard InChI is InChI=1S/C16H22F3N3O2/c1-2-3-4-14(22-24-11-15(23)21-10-9-20)12-5-7-13(8-6-12)16(17,18)19/h5-8H,2-4,9-11,20H2,1H3,(H,21,23)/b22-14+. The van der Waals surface area contributed by atoms with Crippen LogP contribution in [0.1, 0.15) is 37.3 Å². The van der Waals surface area contributed by atoms with E-state index in [1.54, 1.807) is 0 Å². The minimum atomic E-state index is -4.38. The molecule has 0 aliphatic rings. The second-order valence-corrected chi connectivity index (χ2v) is 5.13. The number of nitrogens with two attached hydrogens (primary N) is 1. The Labute approximate surface area is 139 Å². The third kappa shape index (κ3) is 6.99. The maximum absolute atomic E-state index is 12.6. The Morgan fingerprint density at radius 1 is 1.29 bits per heavy atom. The van der Waals surface area contributed by atoms with Crippen LogP contribution in [-0.4, -0.2) is 31.3 Å². The molecule has 24 heavy (non-hydrogen) atoms. The smallest absolute Gasteiger partial charge is 0.385 e. The van der Waals surface area contributed by atoms with Crippen molar-refractivity contribution >= 4 is 11.6 Å². The number of unbranched alkanes of at least 4 members (excludes halogenated alkanes) is 1. The van der Waals surface area contributed by atoms with Gasteiger partial charge in [0.25, 0.3) is 5.91 Å². The van der Waals surface area contributed by atoms with Crippen LogP contribution in [0.5, 0.6) is 0 Å². The van der Waals surface area contributed by atoms with E-state index in [2.05, 4.69) is 10.5 Å². The quantitative estimate of drug-likeness (QED) is 0.534. The molecule has 1 aromatic carbocycles. The van der Waals surface area contributed by atoms with Gasteiger partial charge in [-0.1, -0.05) is 30.6 Å². The fourth-order valence-corrected chi connectivity index (χ4v) is 1.87. The van der Waals surface area contributed by atoms with Crippen molar-refractivity contribution in [3.63, 3.8) is 0 Å². The molecule has 0 aromatic heterocycles. The van der Waals surface area contributed by atoms with Gasteiger partial charge in [-0.05, 0) is 30.5 Å². The average Bonchev–Trinajstić information content (AvgIpc) is 2.55. The average molecular weight is 345 g/mol. The third-order valence-electron chi connectivity index (χ3n) is 3.15. The number of halogens is 3. The summed E-state index contributed by atoms with van der Waals surface area (Å²) in [6, 6.07) is 4.72. The molecular weight excluding hydrogens is 323 g/mol. The molecule has 0 atom stereocenters. The molecule has 0 bridgehead atoms. The number of rotatable bonds is 9. The van der Waals surface area contributed by atoms with Crippen molar-refractivity contribution in [2.24, 2.45) is 10.9 Å². The fraction of sp³-hybridized carbons (Fsp3) is 0.500. The first-order chi connectivity index (χ1) is 11.4. The summed E-state index contributed by atoms with van der Waals surface area (Å²) in [5.74, 6) is -0.355. The lowest BCUT2D eigenvalue weighted by atomic mass is 10.0. The molecule has 0 spiro atoms. The summed E-state index contributed by atoms with van der Waals surface area (Å²) >= 11 is 0. The number of alkyl halides is 3. The largest absolute Gasteiger partial charge is 0.416 e. The van der Waals surface area contributed by atoms with Crippen LogP contribution in [0, 0.1) is 0 Å². The first kappa shape index (κ1) is 20.0. The van der Waals surface area contributed by atoms with Crippen LogP contribution in [0.4, 0.5) is 13.2 Å². The number of hydrogen-bond acceptors (Lipinski definition) is 4. The highest BCUT2D eigenvalue weighted by molar-refractivity contribution is 6.00. The van der Waals surface area contributed by atoms with Crippen LogP contribution in [0.3, 0.4) is 0 Å². The van der Waals surface area contributed by atoms with Gasteiger partial charge in [-0.15, -0.1) is 0 Å². The Balaban J connectivity index is 2.77. The molecule has 8 heteroatoms. The SMILES string of the molecule is CCCC/C(=N\OCC(=O)NCCN)c1ccc(C(F)(F)F)cc1. The van der Waals surface area contributed by atoms with Crippen molar-refractivity contribution in [3.05, 3.63) is 35.4 Å². The predicted octanol–water partition coefficient (Wildman–Crippen LogP) is 2.69. The van der Waals surface area contributed by atoms with Crippen LogP contribution in [0.15, 0.2) is 29.4 Å². The van der Waals surface area contributed by atoms with Crippen molar-refractivity contribution in [1.29, 1.82) is 0 Å². The van der Waals surface area contributed by atoms with E-state index in [1.165, 1.54) is 12.1 Å². The molecule has 0 aliphatic heterocycles. The van der Waals surface area contributed by atoms with Gasteiger partial charge in [0.05, 0.1) is 11.3 Å². The maximum atomic E-state index is 12.6. The number of nitrogens with one attached hydrogen (secondary N) is 1. The monoisotopic (exact) mass is 345 g/mol. The Morgan fingerprint density at radius 3 is 2.50 bits per heavy atom. The lowest BCUT2D eigenvalue weighted by Gasteiger charge is -2.10. The number of hydrogen-bond donors (Lipinski definition) is 2.